The lowest BCUT2D eigenvalue weighted by atomic mass is 9.90. The molecular formula is C18H22O4. The summed E-state index contributed by atoms with van der Waals surface area (Å²) in [7, 11) is 0. The fourth-order valence-corrected chi connectivity index (χ4v) is 2.89. The van der Waals surface area contributed by atoms with Crippen LogP contribution in [0.1, 0.15) is 38.0 Å². The van der Waals surface area contributed by atoms with Crippen molar-refractivity contribution in [2.75, 3.05) is 6.61 Å². The Kier molecular flexibility index (Phi) is 4.90. The van der Waals surface area contributed by atoms with Crippen molar-refractivity contribution in [1.82, 2.24) is 0 Å². The molecule has 22 heavy (non-hydrogen) atoms. The van der Waals surface area contributed by atoms with E-state index in [-0.39, 0.29) is 30.4 Å². The topological polar surface area (TPSA) is 44.8 Å². The van der Waals surface area contributed by atoms with Gasteiger partial charge in [0.05, 0.1) is 12.7 Å². The summed E-state index contributed by atoms with van der Waals surface area (Å²) in [5.74, 6) is 0.100. The molecule has 0 aromatic heterocycles. The van der Waals surface area contributed by atoms with Gasteiger partial charge in [0.2, 0.25) is 0 Å². The van der Waals surface area contributed by atoms with Gasteiger partial charge in [-0.05, 0) is 12.5 Å². The summed E-state index contributed by atoms with van der Waals surface area (Å²) in [6.45, 7) is 2.61. The molecule has 1 aromatic carbocycles. The van der Waals surface area contributed by atoms with E-state index in [4.69, 9.17) is 14.2 Å². The number of hydrogen-bond acceptors (Lipinski definition) is 4. The van der Waals surface area contributed by atoms with Crippen molar-refractivity contribution < 1.29 is 19.0 Å². The quantitative estimate of drug-likeness (QED) is 0.632. The maximum atomic E-state index is 11.6. The number of esters is 1. The number of fused-ring (bicyclic) bond motifs is 1. The van der Waals surface area contributed by atoms with E-state index < -0.39 is 0 Å². The molecule has 1 aliphatic carbocycles. The number of carbonyl (C=O) groups excluding carboxylic acids is 1. The van der Waals surface area contributed by atoms with Crippen LogP contribution in [0.5, 0.6) is 0 Å². The van der Waals surface area contributed by atoms with Crippen LogP contribution in [0.4, 0.5) is 0 Å². The molecule has 0 N–H and O–H groups in total. The summed E-state index contributed by atoms with van der Waals surface area (Å²) < 4.78 is 17.4. The van der Waals surface area contributed by atoms with Crippen molar-refractivity contribution >= 4 is 5.97 Å². The van der Waals surface area contributed by atoms with E-state index in [1.165, 1.54) is 0 Å². The average Bonchev–Trinajstić information content (AvgIpc) is 2.55. The molecule has 1 aliphatic heterocycles. The van der Waals surface area contributed by atoms with E-state index in [1.807, 2.05) is 43.3 Å². The summed E-state index contributed by atoms with van der Waals surface area (Å²) in [5.41, 5.74) is 1.02. The number of ether oxygens (including phenoxy) is 3. The van der Waals surface area contributed by atoms with Crippen LogP contribution in [0.25, 0.3) is 0 Å². The van der Waals surface area contributed by atoms with Crippen molar-refractivity contribution in [2.24, 2.45) is 5.92 Å². The highest BCUT2D eigenvalue weighted by Gasteiger charge is 2.36. The van der Waals surface area contributed by atoms with E-state index in [0.29, 0.717) is 19.4 Å². The van der Waals surface area contributed by atoms with Gasteiger partial charge < -0.3 is 14.2 Å². The van der Waals surface area contributed by atoms with Crippen LogP contribution < -0.4 is 0 Å². The molecule has 1 fully saturated rings. The first-order chi connectivity index (χ1) is 10.8. The highest BCUT2D eigenvalue weighted by atomic mass is 16.7. The first-order valence-electron chi connectivity index (χ1n) is 7.96. The predicted molar refractivity (Wildman–Crippen MR) is 82.0 cm³/mol. The van der Waals surface area contributed by atoms with Gasteiger partial charge in [0, 0.05) is 24.3 Å². The Bertz CT molecular complexity index is 525. The van der Waals surface area contributed by atoms with Crippen LogP contribution in [-0.2, 0) is 19.0 Å². The van der Waals surface area contributed by atoms with E-state index in [0.717, 1.165) is 12.0 Å². The number of benzene rings is 1. The molecule has 0 spiro atoms. The summed E-state index contributed by atoms with van der Waals surface area (Å²) in [6, 6.07) is 9.93. The first kappa shape index (κ1) is 15.3. The van der Waals surface area contributed by atoms with Gasteiger partial charge in [-0.15, -0.1) is 0 Å². The van der Waals surface area contributed by atoms with E-state index in [2.05, 4.69) is 6.08 Å². The number of rotatable bonds is 4. The maximum absolute atomic E-state index is 11.6. The van der Waals surface area contributed by atoms with Crippen LogP contribution in [-0.4, -0.2) is 24.8 Å². The van der Waals surface area contributed by atoms with Crippen molar-refractivity contribution in [1.29, 1.82) is 0 Å². The van der Waals surface area contributed by atoms with Crippen molar-refractivity contribution in [3.63, 3.8) is 0 Å². The molecule has 4 atom stereocenters. The summed E-state index contributed by atoms with van der Waals surface area (Å²) in [5, 5.41) is 0. The van der Waals surface area contributed by atoms with Gasteiger partial charge in [-0.3, -0.25) is 4.79 Å². The van der Waals surface area contributed by atoms with E-state index in [9.17, 15) is 4.79 Å². The average molecular weight is 302 g/mol. The predicted octanol–water partition coefficient (Wildman–Crippen LogP) is 3.39. The molecule has 118 valence electrons. The molecule has 0 saturated carbocycles. The summed E-state index contributed by atoms with van der Waals surface area (Å²) >= 11 is 0. The molecule has 4 nitrogen and oxygen atoms in total. The molecule has 1 saturated heterocycles. The molecule has 1 unspecified atom stereocenters. The third kappa shape index (κ3) is 3.57. The molecule has 4 heteroatoms. The van der Waals surface area contributed by atoms with Crippen LogP contribution in [0.3, 0.4) is 0 Å². The number of carbonyl (C=O) groups is 1. The SMILES string of the molecule is CCCC(=O)O[C@@H]1C=C[C@H]2COC(c3ccccc3)O[C@@H]2C1. The second-order valence-electron chi connectivity index (χ2n) is 5.81. The third-order valence-electron chi connectivity index (χ3n) is 4.06. The van der Waals surface area contributed by atoms with Gasteiger partial charge in [-0.2, -0.15) is 0 Å². The zero-order valence-electron chi connectivity index (χ0n) is 12.8. The maximum Gasteiger partial charge on any atom is 0.306 e. The minimum absolute atomic E-state index is 0.0309. The first-order valence-corrected chi connectivity index (χ1v) is 7.96. The summed E-state index contributed by atoms with van der Waals surface area (Å²) in [4.78, 5) is 11.6. The van der Waals surface area contributed by atoms with Crippen LogP contribution >= 0.6 is 0 Å². The second-order valence-corrected chi connectivity index (χ2v) is 5.81. The third-order valence-corrected chi connectivity index (χ3v) is 4.06. The van der Waals surface area contributed by atoms with Gasteiger partial charge in [0.15, 0.2) is 6.29 Å². The highest BCUT2D eigenvalue weighted by Crippen LogP contribution is 2.34. The standard InChI is InChI=1S/C18H22O4/c1-2-6-17(19)21-15-10-9-14-12-20-18(22-16(14)11-15)13-7-4-3-5-8-13/h3-5,7-10,14-16,18H,2,6,11-12H2,1H3/t14-,15+,16+,18?/m0/s1. The lowest BCUT2D eigenvalue weighted by Crippen LogP contribution is -2.40. The molecule has 1 aromatic rings. The number of hydrogen-bond donors (Lipinski definition) is 0. The zero-order chi connectivity index (χ0) is 15.4. The van der Waals surface area contributed by atoms with Gasteiger partial charge in [-0.1, -0.05) is 43.3 Å². The van der Waals surface area contributed by atoms with Gasteiger partial charge in [0.1, 0.15) is 6.10 Å². The Hall–Kier alpha value is -1.65. The highest BCUT2D eigenvalue weighted by molar-refractivity contribution is 5.69. The summed E-state index contributed by atoms with van der Waals surface area (Å²) in [6.07, 6.45) is 5.50. The molecular weight excluding hydrogens is 280 g/mol. The molecule has 0 bridgehead atoms. The Morgan fingerprint density at radius 1 is 1.27 bits per heavy atom. The normalized spacial score (nSPS) is 30.6. The molecule has 3 rings (SSSR count). The largest absolute Gasteiger partial charge is 0.458 e. The van der Waals surface area contributed by atoms with Crippen molar-refractivity contribution in [2.45, 2.75) is 44.7 Å². The molecule has 2 aliphatic rings. The van der Waals surface area contributed by atoms with Crippen LogP contribution in [0.2, 0.25) is 0 Å². The molecule has 1 heterocycles. The Morgan fingerprint density at radius 2 is 2.09 bits per heavy atom. The fourth-order valence-electron chi connectivity index (χ4n) is 2.89. The van der Waals surface area contributed by atoms with Crippen LogP contribution in [0, 0.1) is 5.92 Å². The Labute approximate surface area is 131 Å². The van der Waals surface area contributed by atoms with Crippen molar-refractivity contribution in [3.8, 4) is 0 Å². The van der Waals surface area contributed by atoms with Crippen LogP contribution in [0.15, 0.2) is 42.5 Å². The van der Waals surface area contributed by atoms with Gasteiger partial charge in [-0.25, -0.2) is 0 Å². The van der Waals surface area contributed by atoms with Gasteiger partial charge >= 0.3 is 5.97 Å². The smallest absolute Gasteiger partial charge is 0.306 e. The fraction of sp³-hybridized carbons (Fsp3) is 0.500. The minimum Gasteiger partial charge on any atom is -0.458 e. The minimum atomic E-state index is -0.332. The van der Waals surface area contributed by atoms with E-state index in [1.54, 1.807) is 0 Å². The Balaban J connectivity index is 1.61. The van der Waals surface area contributed by atoms with E-state index >= 15 is 0 Å². The monoisotopic (exact) mass is 302 g/mol. The lowest BCUT2D eigenvalue weighted by molar-refractivity contribution is -0.240. The van der Waals surface area contributed by atoms with Crippen molar-refractivity contribution in [3.05, 3.63) is 48.0 Å². The van der Waals surface area contributed by atoms with Gasteiger partial charge in [0.25, 0.3) is 0 Å². The molecule has 0 amide bonds. The lowest BCUT2D eigenvalue weighted by Gasteiger charge is -2.38. The molecule has 0 radical (unpaired) electrons. The zero-order valence-corrected chi connectivity index (χ0v) is 12.8. The second kappa shape index (κ2) is 7.07. The Morgan fingerprint density at radius 3 is 2.86 bits per heavy atom.